The molecule has 1 aromatic carbocycles. The molecule has 1 saturated carbocycles. The monoisotopic (exact) mass is 435 g/mol. The van der Waals surface area contributed by atoms with Gasteiger partial charge >= 0.3 is 12.4 Å². The molecule has 0 aliphatic heterocycles. The maximum absolute atomic E-state index is 13.1. The molecule has 0 saturated heterocycles. The van der Waals surface area contributed by atoms with Gasteiger partial charge in [0.1, 0.15) is 11.3 Å². The molecule has 1 heterocycles. The van der Waals surface area contributed by atoms with Crippen molar-refractivity contribution in [1.82, 2.24) is 9.97 Å². The van der Waals surface area contributed by atoms with Gasteiger partial charge in [-0.3, -0.25) is 0 Å². The Morgan fingerprint density at radius 2 is 1.67 bits per heavy atom. The van der Waals surface area contributed by atoms with Crippen LogP contribution in [0, 0.1) is 0 Å². The fourth-order valence-corrected chi connectivity index (χ4v) is 3.04. The summed E-state index contributed by atoms with van der Waals surface area (Å²) in [6.45, 7) is -1.90. The van der Waals surface area contributed by atoms with E-state index in [1.165, 1.54) is 11.9 Å². The first kappa shape index (κ1) is 22.0. The van der Waals surface area contributed by atoms with Crippen molar-refractivity contribution in [2.45, 2.75) is 44.1 Å². The van der Waals surface area contributed by atoms with Crippen LogP contribution in [0.15, 0.2) is 30.5 Å². The third-order valence-electron chi connectivity index (χ3n) is 4.55. The minimum Gasteiger partial charge on any atom is -0.490 e. The van der Waals surface area contributed by atoms with E-state index < -0.39 is 30.4 Å². The molecule has 1 fully saturated rings. The molecule has 1 aliphatic carbocycles. The molecular formula is C19H19F6N3O2. The number of alkyl halides is 6. The van der Waals surface area contributed by atoms with E-state index in [2.05, 4.69) is 14.7 Å². The lowest BCUT2D eigenvalue weighted by molar-refractivity contribution is -0.159. The lowest BCUT2D eigenvalue weighted by Gasteiger charge is -2.20. The number of ether oxygens (including phenoxy) is 2. The van der Waals surface area contributed by atoms with Crippen LogP contribution in [0.1, 0.15) is 31.2 Å². The van der Waals surface area contributed by atoms with Crippen LogP contribution >= 0.6 is 0 Å². The molecule has 5 nitrogen and oxygen atoms in total. The molecule has 0 N–H and O–H groups in total. The summed E-state index contributed by atoms with van der Waals surface area (Å²) >= 11 is 0. The highest BCUT2D eigenvalue weighted by Crippen LogP contribution is 2.37. The van der Waals surface area contributed by atoms with Crippen LogP contribution in [-0.4, -0.2) is 35.9 Å². The molecule has 164 valence electrons. The van der Waals surface area contributed by atoms with Crippen LogP contribution in [0.4, 0.5) is 38.0 Å². The summed E-state index contributed by atoms with van der Waals surface area (Å²) in [6, 6.07) is 6.72. The second kappa shape index (κ2) is 8.57. The topological polar surface area (TPSA) is 47.5 Å². The maximum atomic E-state index is 13.1. The summed E-state index contributed by atoms with van der Waals surface area (Å²) in [4.78, 5) is 8.53. The molecule has 0 spiro atoms. The van der Waals surface area contributed by atoms with Crippen LogP contribution < -0.4 is 14.4 Å². The third kappa shape index (κ3) is 5.67. The summed E-state index contributed by atoms with van der Waals surface area (Å²) in [5, 5.41) is 0. The zero-order valence-electron chi connectivity index (χ0n) is 15.9. The van der Waals surface area contributed by atoms with Crippen molar-refractivity contribution in [3.05, 3.63) is 36.0 Å². The van der Waals surface area contributed by atoms with Gasteiger partial charge in [-0.05, 0) is 49.9 Å². The Bertz CT molecular complexity index is 849. The Labute approximate surface area is 168 Å². The van der Waals surface area contributed by atoms with E-state index in [-0.39, 0.29) is 12.1 Å². The van der Waals surface area contributed by atoms with Crippen molar-refractivity contribution >= 4 is 11.6 Å². The molecule has 0 radical (unpaired) electrons. The Hall–Kier alpha value is -2.72. The summed E-state index contributed by atoms with van der Waals surface area (Å²) < 4.78 is 86.6. The van der Waals surface area contributed by atoms with Crippen molar-refractivity contribution < 1.29 is 35.8 Å². The van der Waals surface area contributed by atoms with Crippen LogP contribution in [0.2, 0.25) is 0 Å². The first-order valence-electron chi connectivity index (χ1n) is 9.17. The van der Waals surface area contributed by atoms with Gasteiger partial charge in [0.05, 0.1) is 6.10 Å². The average molecular weight is 435 g/mol. The quantitative estimate of drug-likeness (QED) is 0.559. The fraction of sp³-hybridized carbons (Fsp3) is 0.474. The lowest BCUT2D eigenvalue weighted by atomic mass is 10.2. The number of benzene rings is 1. The highest BCUT2D eigenvalue weighted by atomic mass is 19.4. The van der Waals surface area contributed by atoms with Gasteiger partial charge in [0.25, 0.3) is 0 Å². The normalized spacial score (nSPS) is 15.3. The van der Waals surface area contributed by atoms with E-state index in [1.54, 1.807) is 24.3 Å². The van der Waals surface area contributed by atoms with Crippen LogP contribution in [0.5, 0.6) is 11.6 Å². The Balaban J connectivity index is 1.79. The molecular weight excluding hydrogens is 416 g/mol. The summed E-state index contributed by atoms with van der Waals surface area (Å²) in [6.07, 6.45) is -4.98. The number of aromatic nitrogens is 2. The van der Waals surface area contributed by atoms with Crippen molar-refractivity contribution in [1.29, 1.82) is 0 Å². The van der Waals surface area contributed by atoms with E-state index in [1.807, 2.05) is 0 Å². The highest BCUT2D eigenvalue weighted by Gasteiger charge is 2.38. The number of hydrogen-bond donors (Lipinski definition) is 0. The largest absolute Gasteiger partial charge is 0.490 e. The summed E-state index contributed by atoms with van der Waals surface area (Å²) in [5.74, 6) is -0.774. The van der Waals surface area contributed by atoms with Gasteiger partial charge in [-0.1, -0.05) is 0 Å². The van der Waals surface area contributed by atoms with Crippen LogP contribution in [0.25, 0.3) is 0 Å². The summed E-state index contributed by atoms with van der Waals surface area (Å²) in [7, 11) is 1.48. The van der Waals surface area contributed by atoms with E-state index >= 15 is 0 Å². The second-order valence-corrected chi connectivity index (χ2v) is 6.87. The van der Waals surface area contributed by atoms with Crippen LogP contribution in [-0.2, 0) is 6.18 Å². The Kier molecular flexibility index (Phi) is 6.27. The molecule has 0 amide bonds. The lowest BCUT2D eigenvalue weighted by Crippen LogP contribution is -2.23. The fourth-order valence-electron chi connectivity index (χ4n) is 3.04. The van der Waals surface area contributed by atoms with E-state index in [9.17, 15) is 26.3 Å². The first-order chi connectivity index (χ1) is 14.0. The van der Waals surface area contributed by atoms with Gasteiger partial charge in [-0.2, -0.15) is 31.3 Å². The molecule has 3 rings (SSSR count). The SMILES string of the molecule is CN(c1ccc(OC2CCCC2)cc1)c1ncc(C(F)(F)F)c(OCC(F)(F)F)n1. The number of halogens is 6. The zero-order chi connectivity index (χ0) is 21.9. The maximum Gasteiger partial charge on any atom is 0.423 e. The van der Waals surface area contributed by atoms with Crippen LogP contribution in [0.3, 0.4) is 0 Å². The Morgan fingerprint density at radius 3 is 2.23 bits per heavy atom. The standard InChI is InChI=1S/C19H19F6N3O2/c1-28(12-6-8-14(9-7-12)30-13-4-2-3-5-13)17-26-10-15(19(23,24)25)16(27-17)29-11-18(20,21)22/h6-10,13H,2-5,11H2,1H3. The smallest absolute Gasteiger partial charge is 0.423 e. The van der Waals surface area contributed by atoms with Gasteiger partial charge in [-0.25, -0.2) is 4.98 Å². The first-order valence-corrected chi connectivity index (χ1v) is 9.17. The van der Waals surface area contributed by atoms with Gasteiger partial charge in [-0.15, -0.1) is 0 Å². The van der Waals surface area contributed by atoms with Crippen molar-refractivity contribution in [3.63, 3.8) is 0 Å². The number of nitrogens with zero attached hydrogens (tertiary/aromatic N) is 3. The predicted octanol–water partition coefficient (Wildman–Crippen LogP) is 5.53. The number of hydrogen-bond acceptors (Lipinski definition) is 5. The Morgan fingerprint density at radius 1 is 1.03 bits per heavy atom. The van der Waals surface area contributed by atoms with E-state index in [0.717, 1.165) is 25.7 Å². The number of anilines is 2. The highest BCUT2D eigenvalue weighted by molar-refractivity contribution is 5.58. The molecule has 1 aliphatic rings. The molecule has 1 aromatic heterocycles. The van der Waals surface area contributed by atoms with Gasteiger partial charge in [0.15, 0.2) is 6.61 Å². The van der Waals surface area contributed by atoms with E-state index in [4.69, 9.17) is 4.74 Å². The number of rotatable bonds is 6. The van der Waals surface area contributed by atoms with Gasteiger partial charge in [0, 0.05) is 18.9 Å². The molecule has 2 aromatic rings. The zero-order valence-corrected chi connectivity index (χ0v) is 15.9. The van der Waals surface area contributed by atoms with Gasteiger partial charge in [0.2, 0.25) is 11.8 Å². The second-order valence-electron chi connectivity index (χ2n) is 6.87. The van der Waals surface area contributed by atoms with Crippen molar-refractivity contribution in [2.75, 3.05) is 18.6 Å². The molecule has 11 heteroatoms. The molecule has 0 bridgehead atoms. The average Bonchev–Trinajstić information content (AvgIpc) is 3.18. The molecule has 30 heavy (non-hydrogen) atoms. The van der Waals surface area contributed by atoms with Gasteiger partial charge < -0.3 is 14.4 Å². The van der Waals surface area contributed by atoms with Crippen molar-refractivity contribution in [3.8, 4) is 11.6 Å². The van der Waals surface area contributed by atoms with Crippen molar-refractivity contribution in [2.24, 2.45) is 0 Å². The minimum absolute atomic E-state index is 0.167. The molecule has 0 unspecified atom stereocenters. The summed E-state index contributed by atoms with van der Waals surface area (Å²) in [5.41, 5.74) is -0.973. The molecule has 0 atom stereocenters. The minimum atomic E-state index is -4.96. The van der Waals surface area contributed by atoms with E-state index in [0.29, 0.717) is 17.6 Å². The predicted molar refractivity (Wildman–Crippen MR) is 96.0 cm³/mol. The third-order valence-corrected chi connectivity index (χ3v) is 4.55.